The highest BCUT2D eigenvalue weighted by Gasteiger charge is 2.22. The lowest BCUT2D eigenvalue weighted by atomic mass is 10.2. The SMILES string of the molecule is Nc1ccc(NCCCNC(=O)C2CCCO2)nc1. The van der Waals surface area contributed by atoms with Gasteiger partial charge in [-0.2, -0.15) is 0 Å². The Kier molecular flexibility index (Phi) is 4.97. The minimum Gasteiger partial charge on any atom is -0.397 e. The molecule has 1 atom stereocenters. The number of amides is 1. The van der Waals surface area contributed by atoms with Crippen LogP contribution in [-0.2, 0) is 9.53 Å². The van der Waals surface area contributed by atoms with E-state index in [0.29, 0.717) is 18.8 Å². The number of nitrogen functional groups attached to an aromatic ring is 1. The molecule has 4 N–H and O–H groups in total. The van der Waals surface area contributed by atoms with Crippen molar-refractivity contribution in [3.05, 3.63) is 18.3 Å². The summed E-state index contributed by atoms with van der Waals surface area (Å²) in [5.41, 5.74) is 6.19. The van der Waals surface area contributed by atoms with Crippen LogP contribution >= 0.6 is 0 Å². The molecule has 104 valence electrons. The van der Waals surface area contributed by atoms with Gasteiger partial charge in [-0.3, -0.25) is 4.79 Å². The van der Waals surface area contributed by atoms with Crippen molar-refractivity contribution >= 4 is 17.4 Å². The summed E-state index contributed by atoms with van der Waals surface area (Å²) in [5.74, 6) is 0.794. The van der Waals surface area contributed by atoms with Gasteiger partial charge in [0.1, 0.15) is 11.9 Å². The van der Waals surface area contributed by atoms with Gasteiger partial charge in [0.15, 0.2) is 0 Å². The monoisotopic (exact) mass is 264 g/mol. The van der Waals surface area contributed by atoms with Crippen LogP contribution in [-0.4, -0.2) is 36.7 Å². The van der Waals surface area contributed by atoms with Crippen molar-refractivity contribution in [2.75, 3.05) is 30.7 Å². The van der Waals surface area contributed by atoms with Gasteiger partial charge in [-0.1, -0.05) is 0 Å². The number of carbonyl (C=O) groups excluding carboxylic acids is 1. The normalized spacial score (nSPS) is 18.2. The number of pyridine rings is 1. The molecule has 0 aliphatic carbocycles. The summed E-state index contributed by atoms with van der Waals surface area (Å²) < 4.78 is 5.30. The molecule has 0 bridgehead atoms. The van der Waals surface area contributed by atoms with E-state index in [4.69, 9.17) is 10.5 Å². The van der Waals surface area contributed by atoms with Crippen molar-refractivity contribution in [2.24, 2.45) is 0 Å². The van der Waals surface area contributed by atoms with E-state index in [9.17, 15) is 4.79 Å². The van der Waals surface area contributed by atoms with Gasteiger partial charge >= 0.3 is 0 Å². The number of anilines is 2. The summed E-state index contributed by atoms with van der Waals surface area (Å²) in [6.07, 6.45) is 4.01. The second kappa shape index (κ2) is 6.94. The second-order valence-electron chi connectivity index (χ2n) is 4.55. The molecular weight excluding hydrogens is 244 g/mol. The number of nitrogens with zero attached hydrogens (tertiary/aromatic N) is 1. The molecule has 2 rings (SSSR count). The zero-order valence-electron chi connectivity index (χ0n) is 10.9. The number of nitrogens with two attached hydrogens (primary N) is 1. The maximum absolute atomic E-state index is 11.6. The van der Waals surface area contributed by atoms with Crippen molar-refractivity contribution in [1.29, 1.82) is 0 Å². The highest BCUT2D eigenvalue weighted by Crippen LogP contribution is 2.11. The molecule has 1 saturated heterocycles. The summed E-state index contributed by atoms with van der Waals surface area (Å²) in [7, 11) is 0. The molecule has 1 fully saturated rings. The number of hydrogen-bond acceptors (Lipinski definition) is 5. The largest absolute Gasteiger partial charge is 0.397 e. The van der Waals surface area contributed by atoms with Crippen LogP contribution in [0.3, 0.4) is 0 Å². The molecule has 0 spiro atoms. The van der Waals surface area contributed by atoms with E-state index >= 15 is 0 Å². The Bertz CT molecular complexity index is 402. The van der Waals surface area contributed by atoms with Gasteiger partial charge in [-0.05, 0) is 31.4 Å². The van der Waals surface area contributed by atoms with Crippen LogP contribution in [0.2, 0.25) is 0 Å². The van der Waals surface area contributed by atoms with Crippen LogP contribution in [0.5, 0.6) is 0 Å². The lowest BCUT2D eigenvalue weighted by molar-refractivity contribution is -0.130. The van der Waals surface area contributed by atoms with Crippen LogP contribution in [0, 0.1) is 0 Å². The lowest BCUT2D eigenvalue weighted by Crippen LogP contribution is -2.35. The molecule has 1 aromatic heterocycles. The maximum Gasteiger partial charge on any atom is 0.249 e. The number of hydrogen-bond donors (Lipinski definition) is 3. The fraction of sp³-hybridized carbons (Fsp3) is 0.538. The zero-order valence-corrected chi connectivity index (χ0v) is 10.9. The fourth-order valence-electron chi connectivity index (χ4n) is 1.92. The molecule has 6 heteroatoms. The van der Waals surface area contributed by atoms with Gasteiger partial charge < -0.3 is 21.1 Å². The highest BCUT2D eigenvalue weighted by molar-refractivity contribution is 5.80. The average Bonchev–Trinajstić information content (AvgIpc) is 2.94. The molecule has 0 saturated carbocycles. The Labute approximate surface area is 112 Å². The van der Waals surface area contributed by atoms with Gasteiger partial charge in [0.2, 0.25) is 5.91 Å². The van der Waals surface area contributed by atoms with Gasteiger partial charge in [-0.15, -0.1) is 0 Å². The lowest BCUT2D eigenvalue weighted by Gasteiger charge is -2.10. The first-order valence-electron chi connectivity index (χ1n) is 6.60. The molecule has 1 aliphatic heterocycles. The molecule has 1 aromatic rings. The van der Waals surface area contributed by atoms with Crippen LogP contribution in [0.1, 0.15) is 19.3 Å². The Morgan fingerprint density at radius 3 is 3.05 bits per heavy atom. The molecule has 19 heavy (non-hydrogen) atoms. The molecular formula is C13H20N4O2. The van der Waals surface area contributed by atoms with Crippen molar-refractivity contribution in [1.82, 2.24) is 10.3 Å². The molecule has 6 nitrogen and oxygen atoms in total. The van der Waals surface area contributed by atoms with E-state index in [1.165, 1.54) is 0 Å². The van der Waals surface area contributed by atoms with Crippen LogP contribution in [0.15, 0.2) is 18.3 Å². The van der Waals surface area contributed by atoms with Crippen molar-refractivity contribution in [2.45, 2.75) is 25.4 Å². The van der Waals surface area contributed by atoms with Crippen molar-refractivity contribution in [3.63, 3.8) is 0 Å². The van der Waals surface area contributed by atoms with Crippen molar-refractivity contribution < 1.29 is 9.53 Å². The zero-order chi connectivity index (χ0) is 13.5. The third-order valence-electron chi connectivity index (χ3n) is 2.97. The van der Waals surface area contributed by atoms with E-state index in [2.05, 4.69) is 15.6 Å². The first-order valence-corrected chi connectivity index (χ1v) is 6.60. The summed E-state index contributed by atoms with van der Waals surface area (Å²) in [6, 6.07) is 3.63. The number of ether oxygens (including phenoxy) is 1. The van der Waals surface area contributed by atoms with Gasteiger partial charge in [0.25, 0.3) is 0 Å². The van der Waals surface area contributed by atoms with E-state index in [1.54, 1.807) is 12.3 Å². The van der Waals surface area contributed by atoms with Gasteiger partial charge in [0, 0.05) is 19.7 Å². The highest BCUT2D eigenvalue weighted by atomic mass is 16.5. The number of aromatic nitrogens is 1. The molecule has 1 unspecified atom stereocenters. The third kappa shape index (κ3) is 4.40. The summed E-state index contributed by atoms with van der Waals surface area (Å²) in [6.45, 7) is 2.09. The van der Waals surface area contributed by atoms with E-state index in [0.717, 1.165) is 31.6 Å². The van der Waals surface area contributed by atoms with E-state index < -0.39 is 0 Å². The molecule has 1 aliphatic rings. The molecule has 0 radical (unpaired) electrons. The number of carbonyl (C=O) groups is 1. The molecule has 0 aromatic carbocycles. The Hall–Kier alpha value is -1.82. The third-order valence-corrected chi connectivity index (χ3v) is 2.97. The predicted molar refractivity (Wildman–Crippen MR) is 73.7 cm³/mol. The van der Waals surface area contributed by atoms with E-state index in [1.807, 2.05) is 6.07 Å². The first-order chi connectivity index (χ1) is 9.25. The van der Waals surface area contributed by atoms with Gasteiger partial charge in [0.05, 0.1) is 11.9 Å². The van der Waals surface area contributed by atoms with Crippen LogP contribution in [0.4, 0.5) is 11.5 Å². The second-order valence-corrected chi connectivity index (χ2v) is 4.55. The summed E-state index contributed by atoms with van der Waals surface area (Å²) >= 11 is 0. The topological polar surface area (TPSA) is 89.3 Å². The Morgan fingerprint density at radius 2 is 2.37 bits per heavy atom. The molecule has 2 heterocycles. The predicted octanol–water partition coefficient (Wildman–Crippen LogP) is 0.761. The fourth-order valence-corrected chi connectivity index (χ4v) is 1.92. The van der Waals surface area contributed by atoms with E-state index in [-0.39, 0.29) is 12.0 Å². The average molecular weight is 264 g/mol. The standard InChI is InChI=1S/C13H20N4O2/c14-10-4-5-12(17-9-10)15-6-2-7-16-13(18)11-3-1-8-19-11/h4-5,9,11H,1-3,6-8,14H2,(H,15,17)(H,16,18). The minimum atomic E-state index is -0.244. The molecule has 1 amide bonds. The Morgan fingerprint density at radius 1 is 1.47 bits per heavy atom. The van der Waals surface area contributed by atoms with Crippen molar-refractivity contribution in [3.8, 4) is 0 Å². The smallest absolute Gasteiger partial charge is 0.249 e. The first kappa shape index (κ1) is 13.6. The number of rotatable bonds is 6. The maximum atomic E-state index is 11.6. The summed E-state index contributed by atoms with van der Waals surface area (Å²) in [5, 5.41) is 6.04. The number of nitrogens with one attached hydrogen (secondary N) is 2. The quantitative estimate of drug-likeness (QED) is 0.660. The summed E-state index contributed by atoms with van der Waals surface area (Å²) in [4.78, 5) is 15.8. The van der Waals surface area contributed by atoms with Crippen LogP contribution < -0.4 is 16.4 Å². The van der Waals surface area contributed by atoms with Crippen LogP contribution in [0.25, 0.3) is 0 Å². The minimum absolute atomic E-state index is 0.00288. The van der Waals surface area contributed by atoms with Gasteiger partial charge in [-0.25, -0.2) is 4.98 Å². The Balaban J connectivity index is 1.56.